The maximum absolute atomic E-state index is 11.9. The second-order valence-electron chi connectivity index (χ2n) is 5.07. The maximum atomic E-state index is 11.9. The van der Waals surface area contributed by atoms with Crippen molar-refractivity contribution in [1.82, 2.24) is 14.0 Å². The van der Waals surface area contributed by atoms with Crippen LogP contribution in [-0.2, 0) is 27.2 Å². The lowest BCUT2D eigenvalue weighted by atomic mass is 10.2. The average molecular weight is 293 g/mol. The molecule has 0 fully saturated rings. The SMILES string of the molecule is Cc1ccsc1CN(C)Cc1cc(=O)n(C)c(=O)n1C. The van der Waals surface area contributed by atoms with Gasteiger partial charge in [0.05, 0.1) is 0 Å². The van der Waals surface area contributed by atoms with Crippen molar-refractivity contribution in [1.29, 1.82) is 0 Å². The second-order valence-corrected chi connectivity index (χ2v) is 6.07. The minimum absolute atomic E-state index is 0.260. The molecular formula is C14H19N3O2S. The Bertz CT molecular complexity index is 727. The molecule has 0 N–H and O–H groups in total. The first-order valence-corrected chi connectivity index (χ1v) is 7.25. The monoisotopic (exact) mass is 293 g/mol. The summed E-state index contributed by atoms with van der Waals surface area (Å²) in [5, 5.41) is 2.08. The van der Waals surface area contributed by atoms with E-state index in [4.69, 9.17) is 0 Å². The van der Waals surface area contributed by atoms with E-state index in [0.29, 0.717) is 6.54 Å². The van der Waals surface area contributed by atoms with Crippen LogP contribution in [0.5, 0.6) is 0 Å². The Morgan fingerprint density at radius 3 is 2.50 bits per heavy atom. The van der Waals surface area contributed by atoms with Crippen molar-refractivity contribution in [2.24, 2.45) is 14.1 Å². The molecule has 2 aromatic heterocycles. The number of hydrogen-bond acceptors (Lipinski definition) is 4. The molecule has 0 bridgehead atoms. The van der Waals surface area contributed by atoms with Crippen LogP contribution < -0.4 is 11.2 Å². The number of rotatable bonds is 4. The maximum Gasteiger partial charge on any atom is 0.330 e. The number of thiophene rings is 1. The van der Waals surface area contributed by atoms with Crippen LogP contribution in [0.3, 0.4) is 0 Å². The van der Waals surface area contributed by atoms with Crippen LogP contribution >= 0.6 is 11.3 Å². The molecule has 0 aliphatic carbocycles. The van der Waals surface area contributed by atoms with E-state index in [1.807, 2.05) is 7.05 Å². The third kappa shape index (κ3) is 2.91. The summed E-state index contributed by atoms with van der Waals surface area (Å²) in [5.41, 5.74) is 1.46. The zero-order valence-electron chi connectivity index (χ0n) is 12.2. The van der Waals surface area contributed by atoms with E-state index >= 15 is 0 Å². The van der Waals surface area contributed by atoms with Gasteiger partial charge in [-0.25, -0.2) is 4.79 Å². The summed E-state index contributed by atoms with van der Waals surface area (Å²) in [6.45, 7) is 3.47. The van der Waals surface area contributed by atoms with Crippen molar-refractivity contribution < 1.29 is 0 Å². The fourth-order valence-electron chi connectivity index (χ4n) is 2.07. The fraction of sp³-hybridized carbons (Fsp3) is 0.429. The summed E-state index contributed by atoms with van der Waals surface area (Å²) in [7, 11) is 5.18. The lowest BCUT2D eigenvalue weighted by molar-refractivity contribution is 0.310. The van der Waals surface area contributed by atoms with Gasteiger partial charge < -0.3 is 0 Å². The molecule has 2 rings (SSSR count). The number of hydrogen-bond donors (Lipinski definition) is 0. The summed E-state index contributed by atoms with van der Waals surface area (Å²) in [6.07, 6.45) is 0. The predicted molar refractivity (Wildman–Crippen MR) is 81.2 cm³/mol. The van der Waals surface area contributed by atoms with Crippen LogP contribution in [0.25, 0.3) is 0 Å². The molecule has 6 heteroatoms. The fourth-order valence-corrected chi connectivity index (χ4v) is 3.06. The molecule has 0 aliphatic rings. The van der Waals surface area contributed by atoms with Crippen molar-refractivity contribution in [2.45, 2.75) is 20.0 Å². The van der Waals surface area contributed by atoms with Crippen LogP contribution in [0.4, 0.5) is 0 Å². The summed E-state index contributed by atoms with van der Waals surface area (Å²) in [6, 6.07) is 3.63. The molecule has 2 heterocycles. The highest BCUT2D eigenvalue weighted by atomic mass is 32.1. The molecule has 0 saturated carbocycles. The molecule has 0 atom stereocenters. The summed E-state index contributed by atoms with van der Waals surface area (Å²) >= 11 is 1.73. The van der Waals surface area contributed by atoms with Crippen molar-refractivity contribution >= 4 is 11.3 Å². The van der Waals surface area contributed by atoms with Gasteiger partial charge >= 0.3 is 5.69 Å². The molecular weight excluding hydrogens is 274 g/mol. The smallest absolute Gasteiger partial charge is 0.299 e. The van der Waals surface area contributed by atoms with Crippen LogP contribution in [0.15, 0.2) is 27.1 Å². The van der Waals surface area contributed by atoms with E-state index in [1.54, 1.807) is 18.4 Å². The molecule has 2 aromatic rings. The van der Waals surface area contributed by atoms with Crippen molar-refractivity contribution in [2.75, 3.05) is 7.05 Å². The van der Waals surface area contributed by atoms with E-state index in [9.17, 15) is 9.59 Å². The Hall–Kier alpha value is -1.66. The summed E-state index contributed by atoms with van der Waals surface area (Å²) in [5.74, 6) is 0. The Morgan fingerprint density at radius 2 is 1.90 bits per heavy atom. The number of nitrogens with zero attached hydrogens (tertiary/aromatic N) is 3. The van der Waals surface area contributed by atoms with Gasteiger partial charge in [-0.1, -0.05) is 0 Å². The van der Waals surface area contributed by atoms with Gasteiger partial charge in [0.15, 0.2) is 0 Å². The first kappa shape index (κ1) is 14.7. The minimum Gasteiger partial charge on any atom is -0.299 e. The molecule has 5 nitrogen and oxygen atoms in total. The Kier molecular flexibility index (Phi) is 4.25. The van der Waals surface area contributed by atoms with E-state index in [-0.39, 0.29) is 11.2 Å². The molecule has 20 heavy (non-hydrogen) atoms. The van der Waals surface area contributed by atoms with Crippen molar-refractivity contribution in [3.63, 3.8) is 0 Å². The van der Waals surface area contributed by atoms with Gasteiger partial charge in [0.2, 0.25) is 0 Å². The van der Waals surface area contributed by atoms with Gasteiger partial charge in [-0.2, -0.15) is 0 Å². The molecule has 0 saturated heterocycles. The highest BCUT2D eigenvalue weighted by molar-refractivity contribution is 7.10. The first-order chi connectivity index (χ1) is 9.40. The zero-order chi connectivity index (χ0) is 14.9. The first-order valence-electron chi connectivity index (χ1n) is 6.37. The van der Waals surface area contributed by atoms with Crippen LogP contribution in [-0.4, -0.2) is 21.1 Å². The largest absolute Gasteiger partial charge is 0.330 e. The zero-order valence-corrected chi connectivity index (χ0v) is 13.0. The Morgan fingerprint density at radius 1 is 1.20 bits per heavy atom. The Balaban J connectivity index is 2.20. The highest BCUT2D eigenvalue weighted by Crippen LogP contribution is 2.17. The van der Waals surface area contributed by atoms with E-state index in [1.165, 1.54) is 28.1 Å². The van der Waals surface area contributed by atoms with Gasteiger partial charge in [0.25, 0.3) is 5.56 Å². The lowest BCUT2D eigenvalue weighted by Crippen LogP contribution is -2.39. The molecule has 0 aromatic carbocycles. The molecule has 0 radical (unpaired) electrons. The third-order valence-electron chi connectivity index (χ3n) is 3.44. The van der Waals surface area contributed by atoms with E-state index < -0.39 is 0 Å². The molecule has 108 valence electrons. The van der Waals surface area contributed by atoms with Gasteiger partial charge in [-0.3, -0.25) is 18.8 Å². The van der Waals surface area contributed by atoms with Crippen molar-refractivity contribution in [3.05, 3.63) is 54.5 Å². The third-order valence-corrected chi connectivity index (χ3v) is 4.45. The van der Waals surface area contributed by atoms with Crippen molar-refractivity contribution in [3.8, 4) is 0 Å². The molecule has 0 amide bonds. The Labute approximate surface area is 121 Å². The predicted octanol–water partition coefficient (Wildman–Crippen LogP) is 1.09. The summed E-state index contributed by atoms with van der Waals surface area (Å²) in [4.78, 5) is 27.0. The van der Waals surface area contributed by atoms with Crippen LogP contribution in [0, 0.1) is 6.92 Å². The van der Waals surface area contributed by atoms with Gasteiger partial charge in [0.1, 0.15) is 0 Å². The molecule has 0 unspecified atom stereocenters. The number of aryl methyl sites for hydroxylation is 1. The van der Waals surface area contributed by atoms with Crippen LogP contribution in [0.1, 0.15) is 16.1 Å². The molecule has 0 spiro atoms. The minimum atomic E-state index is -0.284. The number of aromatic nitrogens is 2. The van der Waals surface area contributed by atoms with Gasteiger partial charge in [-0.05, 0) is 31.0 Å². The highest BCUT2D eigenvalue weighted by Gasteiger charge is 2.10. The topological polar surface area (TPSA) is 47.2 Å². The van der Waals surface area contributed by atoms with E-state index in [0.717, 1.165) is 16.8 Å². The van der Waals surface area contributed by atoms with Crippen LogP contribution in [0.2, 0.25) is 0 Å². The quantitative estimate of drug-likeness (QED) is 0.847. The van der Waals surface area contributed by atoms with E-state index in [2.05, 4.69) is 23.3 Å². The molecule has 0 aliphatic heterocycles. The lowest BCUT2D eigenvalue weighted by Gasteiger charge is -2.18. The summed E-state index contributed by atoms with van der Waals surface area (Å²) < 4.78 is 2.64. The normalized spacial score (nSPS) is 11.2. The average Bonchev–Trinajstić information content (AvgIpc) is 2.79. The van der Waals surface area contributed by atoms with Gasteiger partial charge in [-0.15, -0.1) is 11.3 Å². The standard InChI is InChI=1S/C14H19N3O2S/c1-10-5-6-20-12(10)9-15(2)8-11-7-13(18)17(4)14(19)16(11)3/h5-7H,8-9H2,1-4H3. The second kappa shape index (κ2) is 5.76. The van der Waals surface area contributed by atoms with Gasteiger partial charge in [0, 0.05) is 43.8 Å².